The van der Waals surface area contributed by atoms with Gasteiger partial charge in [0.25, 0.3) is 0 Å². The van der Waals surface area contributed by atoms with E-state index in [9.17, 15) is 4.79 Å². The Kier molecular flexibility index (Phi) is 3.28. The van der Waals surface area contributed by atoms with Gasteiger partial charge in [-0.05, 0) is 32.6 Å². The third-order valence-corrected chi connectivity index (χ3v) is 3.21. The van der Waals surface area contributed by atoms with Crippen LogP contribution in [0.5, 0.6) is 0 Å². The van der Waals surface area contributed by atoms with Crippen molar-refractivity contribution in [1.82, 2.24) is 9.88 Å². The quantitative estimate of drug-likeness (QED) is 0.844. The van der Waals surface area contributed by atoms with E-state index < -0.39 is 5.97 Å². The predicted octanol–water partition coefficient (Wildman–Crippen LogP) is 0.920. The molecule has 1 aromatic heterocycles. The van der Waals surface area contributed by atoms with Gasteiger partial charge in [-0.25, -0.2) is 9.78 Å². The van der Waals surface area contributed by atoms with Crippen LogP contribution in [0.4, 0.5) is 5.82 Å². The van der Waals surface area contributed by atoms with Gasteiger partial charge in [0.15, 0.2) is 0 Å². The first-order valence-corrected chi connectivity index (χ1v) is 5.68. The van der Waals surface area contributed by atoms with Crippen LogP contribution in [-0.2, 0) is 0 Å². The number of hydrogen-bond donors (Lipinski definition) is 1. The highest BCUT2D eigenvalue weighted by atomic mass is 16.4. The van der Waals surface area contributed by atoms with E-state index in [1.807, 2.05) is 0 Å². The third-order valence-electron chi connectivity index (χ3n) is 3.21. The van der Waals surface area contributed by atoms with Crippen LogP contribution in [0.25, 0.3) is 0 Å². The maximum Gasteiger partial charge on any atom is 0.337 e. The zero-order valence-corrected chi connectivity index (χ0v) is 10.1. The monoisotopic (exact) mass is 235 g/mol. The van der Waals surface area contributed by atoms with Gasteiger partial charge in [0.1, 0.15) is 5.82 Å². The van der Waals surface area contributed by atoms with Gasteiger partial charge in [-0.1, -0.05) is 0 Å². The van der Waals surface area contributed by atoms with Crippen LogP contribution in [0.3, 0.4) is 0 Å². The number of nitrogens with zero attached hydrogens (tertiary/aromatic N) is 3. The third kappa shape index (κ3) is 2.55. The van der Waals surface area contributed by atoms with Crippen molar-refractivity contribution in [3.63, 3.8) is 0 Å². The second-order valence-corrected chi connectivity index (χ2v) is 4.56. The highest BCUT2D eigenvalue weighted by Gasteiger charge is 2.24. The fourth-order valence-electron chi connectivity index (χ4n) is 2.07. The molecule has 5 heteroatoms. The average Bonchev–Trinajstić information content (AvgIpc) is 2.78. The SMILES string of the molecule is CN(C)C1CCN(c2ccc(C(=O)O)cn2)C1. The second-order valence-electron chi connectivity index (χ2n) is 4.56. The number of carboxylic acids is 1. The molecule has 0 bridgehead atoms. The fraction of sp³-hybridized carbons (Fsp3) is 0.500. The van der Waals surface area contributed by atoms with Gasteiger partial charge in [-0.15, -0.1) is 0 Å². The van der Waals surface area contributed by atoms with Crippen LogP contribution in [-0.4, -0.2) is 54.2 Å². The van der Waals surface area contributed by atoms with Crippen molar-refractivity contribution in [2.24, 2.45) is 0 Å². The van der Waals surface area contributed by atoms with Crippen LogP contribution in [0, 0.1) is 0 Å². The number of rotatable bonds is 3. The van der Waals surface area contributed by atoms with Crippen molar-refractivity contribution < 1.29 is 9.90 Å². The Balaban J connectivity index is 2.06. The molecule has 1 N–H and O–H groups in total. The minimum Gasteiger partial charge on any atom is -0.478 e. The van der Waals surface area contributed by atoms with Crippen molar-refractivity contribution in [1.29, 1.82) is 0 Å². The lowest BCUT2D eigenvalue weighted by Crippen LogP contribution is -2.31. The average molecular weight is 235 g/mol. The molecule has 0 aliphatic carbocycles. The number of carboxylic acid groups (broad SMARTS) is 1. The highest BCUT2D eigenvalue weighted by Crippen LogP contribution is 2.20. The van der Waals surface area contributed by atoms with Gasteiger partial charge in [-0.2, -0.15) is 0 Å². The minimum absolute atomic E-state index is 0.233. The first-order chi connectivity index (χ1) is 8.08. The molecule has 2 heterocycles. The Morgan fingerprint density at radius 2 is 2.29 bits per heavy atom. The van der Waals surface area contributed by atoms with E-state index in [2.05, 4.69) is 28.9 Å². The molecule has 92 valence electrons. The first kappa shape index (κ1) is 11.9. The molecule has 0 spiro atoms. The summed E-state index contributed by atoms with van der Waals surface area (Å²) in [6, 6.07) is 3.94. The van der Waals surface area contributed by atoms with Gasteiger partial charge in [-0.3, -0.25) is 0 Å². The molecule has 2 rings (SSSR count). The summed E-state index contributed by atoms with van der Waals surface area (Å²) in [7, 11) is 4.16. The van der Waals surface area contributed by atoms with Gasteiger partial charge >= 0.3 is 5.97 Å². The zero-order valence-electron chi connectivity index (χ0n) is 10.1. The number of carbonyl (C=O) groups is 1. The summed E-state index contributed by atoms with van der Waals surface area (Å²) in [5.74, 6) is -0.0732. The second kappa shape index (κ2) is 4.71. The molecule has 5 nitrogen and oxygen atoms in total. The van der Waals surface area contributed by atoms with Gasteiger partial charge < -0.3 is 14.9 Å². The summed E-state index contributed by atoms with van der Waals surface area (Å²) >= 11 is 0. The van der Waals surface area contributed by atoms with Crippen LogP contribution < -0.4 is 4.90 Å². The molecule has 1 unspecified atom stereocenters. The zero-order chi connectivity index (χ0) is 12.4. The lowest BCUT2D eigenvalue weighted by Gasteiger charge is -2.21. The van der Waals surface area contributed by atoms with E-state index >= 15 is 0 Å². The maximum atomic E-state index is 10.7. The van der Waals surface area contributed by atoms with E-state index in [-0.39, 0.29) is 5.56 Å². The highest BCUT2D eigenvalue weighted by molar-refractivity contribution is 5.87. The predicted molar refractivity (Wildman–Crippen MR) is 65.5 cm³/mol. The number of aromatic nitrogens is 1. The summed E-state index contributed by atoms with van der Waals surface area (Å²) in [4.78, 5) is 19.3. The number of anilines is 1. The van der Waals surface area contributed by atoms with Gasteiger partial charge in [0.2, 0.25) is 0 Å². The van der Waals surface area contributed by atoms with Gasteiger partial charge in [0, 0.05) is 25.3 Å². The van der Waals surface area contributed by atoms with Crippen molar-refractivity contribution in [2.45, 2.75) is 12.5 Å². The summed E-state index contributed by atoms with van der Waals surface area (Å²) in [5.41, 5.74) is 0.233. The number of pyridine rings is 1. The summed E-state index contributed by atoms with van der Waals surface area (Å²) in [6.07, 6.45) is 2.54. The normalized spacial score (nSPS) is 19.9. The smallest absolute Gasteiger partial charge is 0.337 e. The molecule has 0 amide bonds. The van der Waals surface area contributed by atoms with Crippen molar-refractivity contribution in [2.75, 3.05) is 32.1 Å². The van der Waals surface area contributed by atoms with E-state index in [4.69, 9.17) is 5.11 Å². The largest absolute Gasteiger partial charge is 0.478 e. The summed E-state index contributed by atoms with van der Waals surface area (Å²) < 4.78 is 0. The molecule has 1 atom stereocenters. The molecular weight excluding hydrogens is 218 g/mol. The number of aromatic carboxylic acids is 1. The summed E-state index contributed by atoms with van der Waals surface area (Å²) in [6.45, 7) is 1.93. The minimum atomic E-state index is -0.934. The lowest BCUT2D eigenvalue weighted by atomic mass is 10.2. The van der Waals surface area contributed by atoms with E-state index in [0.29, 0.717) is 6.04 Å². The fourth-order valence-corrected chi connectivity index (χ4v) is 2.07. The van der Waals surface area contributed by atoms with E-state index in [1.165, 1.54) is 6.20 Å². The molecular formula is C12H17N3O2. The van der Waals surface area contributed by atoms with Gasteiger partial charge in [0.05, 0.1) is 5.56 Å². The van der Waals surface area contributed by atoms with Crippen LogP contribution >= 0.6 is 0 Å². The van der Waals surface area contributed by atoms with Crippen molar-refractivity contribution in [3.8, 4) is 0 Å². The van der Waals surface area contributed by atoms with Crippen LogP contribution in [0.2, 0.25) is 0 Å². The molecule has 17 heavy (non-hydrogen) atoms. The topological polar surface area (TPSA) is 56.7 Å². The summed E-state index contributed by atoms with van der Waals surface area (Å²) in [5, 5.41) is 8.80. The Hall–Kier alpha value is -1.62. The molecule has 1 fully saturated rings. The molecule has 1 aromatic rings. The number of likely N-dealkylation sites (N-methyl/N-ethyl adjacent to an activating group) is 1. The van der Waals surface area contributed by atoms with E-state index in [0.717, 1.165) is 25.3 Å². The van der Waals surface area contributed by atoms with Crippen molar-refractivity contribution >= 4 is 11.8 Å². The Morgan fingerprint density at radius 1 is 1.53 bits per heavy atom. The molecule has 1 aliphatic rings. The first-order valence-electron chi connectivity index (χ1n) is 5.68. The lowest BCUT2D eigenvalue weighted by molar-refractivity contribution is 0.0696. The Morgan fingerprint density at radius 3 is 2.76 bits per heavy atom. The van der Waals surface area contributed by atoms with Crippen LogP contribution in [0.1, 0.15) is 16.8 Å². The van der Waals surface area contributed by atoms with E-state index in [1.54, 1.807) is 12.1 Å². The Labute approximate surface area is 101 Å². The molecule has 0 radical (unpaired) electrons. The molecule has 1 saturated heterocycles. The number of hydrogen-bond acceptors (Lipinski definition) is 4. The molecule has 0 aromatic carbocycles. The maximum absolute atomic E-state index is 10.7. The standard InChI is InChI=1S/C12H17N3O2/c1-14(2)10-5-6-15(8-10)11-4-3-9(7-13-11)12(16)17/h3-4,7,10H,5-6,8H2,1-2H3,(H,16,17). The molecule has 0 saturated carbocycles. The Bertz CT molecular complexity index is 403. The molecule has 1 aliphatic heterocycles. The van der Waals surface area contributed by atoms with Crippen molar-refractivity contribution in [3.05, 3.63) is 23.9 Å². The van der Waals surface area contributed by atoms with Crippen LogP contribution in [0.15, 0.2) is 18.3 Å².